The standard InChI is InChI=1S/C19H23N3O2/c1-3-16-8-4-5-12-22(16)18(23)15-7-6-9-17(13-15)24-19-20-11-10-14(2)21-19/h6-7,9-11,13,16H,3-5,8,12H2,1-2H3/t16-/m0/s1. The molecule has 1 aliphatic heterocycles. The van der Waals surface area contributed by atoms with E-state index in [1.165, 1.54) is 6.42 Å². The second-order valence-corrected chi connectivity index (χ2v) is 6.17. The highest BCUT2D eigenvalue weighted by Gasteiger charge is 2.26. The van der Waals surface area contributed by atoms with Crippen LogP contribution in [0, 0.1) is 6.92 Å². The number of aromatic nitrogens is 2. The van der Waals surface area contributed by atoms with Crippen LogP contribution >= 0.6 is 0 Å². The van der Waals surface area contributed by atoms with Crippen molar-refractivity contribution in [1.29, 1.82) is 0 Å². The van der Waals surface area contributed by atoms with Gasteiger partial charge in [0.2, 0.25) is 0 Å². The first-order valence-electron chi connectivity index (χ1n) is 8.56. The van der Waals surface area contributed by atoms with E-state index in [9.17, 15) is 4.79 Å². The van der Waals surface area contributed by atoms with Crippen LogP contribution in [-0.2, 0) is 0 Å². The van der Waals surface area contributed by atoms with E-state index in [4.69, 9.17) is 4.74 Å². The molecular weight excluding hydrogens is 302 g/mol. The average molecular weight is 325 g/mol. The first-order chi connectivity index (χ1) is 11.7. The molecule has 0 spiro atoms. The predicted octanol–water partition coefficient (Wildman–Crippen LogP) is 3.98. The minimum Gasteiger partial charge on any atom is -0.424 e. The van der Waals surface area contributed by atoms with Crippen molar-refractivity contribution >= 4 is 5.91 Å². The van der Waals surface area contributed by atoms with Gasteiger partial charge < -0.3 is 9.64 Å². The van der Waals surface area contributed by atoms with Gasteiger partial charge in [0.05, 0.1) is 0 Å². The van der Waals surface area contributed by atoms with E-state index in [-0.39, 0.29) is 5.91 Å². The lowest BCUT2D eigenvalue weighted by molar-refractivity contribution is 0.0607. The highest BCUT2D eigenvalue weighted by atomic mass is 16.5. The molecule has 1 aliphatic rings. The van der Waals surface area contributed by atoms with Gasteiger partial charge in [0.15, 0.2) is 0 Å². The molecule has 1 fully saturated rings. The van der Waals surface area contributed by atoms with Crippen molar-refractivity contribution in [1.82, 2.24) is 14.9 Å². The summed E-state index contributed by atoms with van der Waals surface area (Å²) in [6, 6.07) is 9.72. The molecule has 126 valence electrons. The summed E-state index contributed by atoms with van der Waals surface area (Å²) in [5.41, 5.74) is 1.49. The summed E-state index contributed by atoms with van der Waals surface area (Å²) in [7, 11) is 0. The Balaban J connectivity index is 1.78. The number of amides is 1. The summed E-state index contributed by atoms with van der Waals surface area (Å²) in [4.78, 5) is 23.2. The summed E-state index contributed by atoms with van der Waals surface area (Å²) in [6.07, 6.45) is 6.03. The molecule has 3 rings (SSSR count). The fourth-order valence-corrected chi connectivity index (χ4v) is 3.13. The molecular formula is C19H23N3O2. The van der Waals surface area contributed by atoms with Crippen LogP contribution in [0.15, 0.2) is 36.5 Å². The van der Waals surface area contributed by atoms with Gasteiger partial charge in [-0.2, -0.15) is 0 Å². The Morgan fingerprint density at radius 1 is 1.33 bits per heavy atom. The molecule has 0 radical (unpaired) electrons. The molecule has 2 aromatic rings. The number of carbonyl (C=O) groups is 1. The van der Waals surface area contributed by atoms with Crippen LogP contribution in [0.1, 0.15) is 48.7 Å². The van der Waals surface area contributed by atoms with E-state index in [0.717, 1.165) is 31.5 Å². The van der Waals surface area contributed by atoms with Crippen LogP contribution < -0.4 is 4.74 Å². The normalized spacial score (nSPS) is 17.6. The molecule has 2 heterocycles. The van der Waals surface area contributed by atoms with Gasteiger partial charge in [-0.3, -0.25) is 4.79 Å². The molecule has 1 amide bonds. The molecule has 1 atom stereocenters. The van der Waals surface area contributed by atoms with E-state index >= 15 is 0 Å². The van der Waals surface area contributed by atoms with Gasteiger partial charge in [-0.15, -0.1) is 0 Å². The van der Waals surface area contributed by atoms with Crippen LogP contribution in [-0.4, -0.2) is 33.4 Å². The van der Waals surface area contributed by atoms with Gasteiger partial charge in [0, 0.05) is 30.0 Å². The van der Waals surface area contributed by atoms with Gasteiger partial charge in [-0.25, -0.2) is 9.97 Å². The number of likely N-dealkylation sites (tertiary alicyclic amines) is 1. The molecule has 1 aromatic heterocycles. The van der Waals surface area contributed by atoms with E-state index in [2.05, 4.69) is 16.9 Å². The fourth-order valence-electron chi connectivity index (χ4n) is 3.13. The minimum absolute atomic E-state index is 0.0807. The summed E-state index contributed by atoms with van der Waals surface area (Å²) < 4.78 is 5.70. The molecule has 0 bridgehead atoms. The quantitative estimate of drug-likeness (QED) is 0.853. The lowest BCUT2D eigenvalue weighted by Gasteiger charge is -2.35. The van der Waals surface area contributed by atoms with Crippen LogP contribution in [0.2, 0.25) is 0 Å². The van der Waals surface area contributed by atoms with E-state index in [1.807, 2.05) is 36.1 Å². The molecule has 5 heteroatoms. The van der Waals surface area contributed by atoms with Gasteiger partial charge >= 0.3 is 6.01 Å². The van der Waals surface area contributed by atoms with Crippen molar-refractivity contribution in [3.63, 3.8) is 0 Å². The summed E-state index contributed by atoms with van der Waals surface area (Å²) >= 11 is 0. The fraction of sp³-hybridized carbons (Fsp3) is 0.421. The zero-order valence-electron chi connectivity index (χ0n) is 14.2. The smallest absolute Gasteiger partial charge is 0.322 e. The van der Waals surface area contributed by atoms with Crippen molar-refractivity contribution in [2.45, 2.75) is 45.6 Å². The second-order valence-electron chi connectivity index (χ2n) is 6.17. The second kappa shape index (κ2) is 7.43. The predicted molar refractivity (Wildman–Crippen MR) is 92.3 cm³/mol. The average Bonchev–Trinajstić information content (AvgIpc) is 2.61. The zero-order chi connectivity index (χ0) is 16.9. The number of ether oxygens (including phenoxy) is 1. The molecule has 0 aliphatic carbocycles. The van der Waals surface area contributed by atoms with Crippen molar-refractivity contribution < 1.29 is 9.53 Å². The van der Waals surface area contributed by atoms with Crippen molar-refractivity contribution in [2.75, 3.05) is 6.54 Å². The SMILES string of the molecule is CC[C@H]1CCCCN1C(=O)c1cccc(Oc2nccc(C)n2)c1. The Labute approximate surface area is 142 Å². The first kappa shape index (κ1) is 16.4. The van der Waals surface area contributed by atoms with Crippen LogP contribution in [0.25, 0.3) is 0 Å². The monoisotopic (exact) mass is 325 g/mol. The Bertz CT molecular complexity index is 717. The van der Waals surface area contributed by atoms with Crippen LogP contribution in [0.5, 0.6) is 11.8 Å². The molecule has 0 N–H and O–H groups in total. The van der Waals surface area contributed by atoms with Gasteiger partial charge in [-0.05, 0) is 56.9 Å². The van der Waals surface area contributed by atoms with Crippen LogP contribution in [0.4, 0.5) is 0 Å². The third-order valence-corrected chi connectivity index (χ3v) is 4.42. The number of nitrogens with zero attached hydrogens (tertiary/aromatic N) is 3. The Morgan fingerprint density at radius 3 is 3.00 bits per heavy atom. The maximum Gasteiger partial charge on any atom is 0.322 e. The van der Waals surface area contributed by atoms with E-state index in [1.54, 1.807) is 12.3 Å². The number of rotatable bonds is 4. The van der Waals surface area contributed by atoms with E-state index < -0.39 is 0 Å². The molecule has 5 nitrogen and oxygen atoms in total. The van der Waals surface area contributed by atoms with Gasteiger partial charge in [0.1, 0.15) is 5.75 Å². The van der Waals surface area contributed by atoms with Crippen molar-refractivity contribution in [3.8, 4) is 11.8 Å². The van der Waals surface area contributed by atoms with Crippen molar-refractivity contribution in [3.05, 3.63) is 47.8 Å². The maximum absolute atomic E-state index is 12.9. The number of aryl methyl sites for hydroxylation is 1. The first-order valence-corrected chi connectivity index (χ1v) is 8.56. The number of piperidine rings is 1. The lowest BCUT2D eigenvalue weighted by atomic mass is 9.99. The third-order valence-electron chi connectivity index (χ3n) is 4.42. The summed E-state index contributed by atoms with van der Waals surface area (Å²) in [6.45, 7) is 4.87. The number of benzene rings is 1. The topological polar surface area (TPSA) is 55.3 Å². The molecule has 24 heavy (non-hydrogen) atoms. The molecule has 0 unspecified atom stereocenters. The Morgan fingerprint density at radius 2 is 2.21 bits per heavy atom. The minimum atomic E-state index is 0.0807. The van der Waals surface area contributed by atoms with Crippen LogP contribution in [0.3, 0.4) is 0 Å². The molecule has 1 saturated heterocycles. The highest BCUT2D eigenvalue weighted by molar-refractivity contribution is 5.94. The van der Waals surface area contributed by atoms with Crippen molar-refractivity contribution in [2.24, 2.45) is 0 Å². The maximum atomic E-state index is 12.9. The van der Waals surface area contributed by atoms with Gasteiger partial charge in [-0.1, -0.05) is 13.0 Å². The third kappa shape index (κ3) is 3.72. The number of hydrogen-bond donors (Lipinski definition) is 0. The van der Waals surface area contributed by atoms with E-state index in [0.29, 0.717) is 23.4 Å². The number of hydrogen-bond acceptors (Lipinski definition) is 4. The molecule has 1 aromatic carbocycles. The summed E-state index contributed by atoms with van der Waals surface area (Å²) in [5.74, 6) is 0.661. The number of carbonyl (C=O) groups excluding carboxylic acids is 1. The summed E-state index contributed by atoms with van der Waals surface area (Å²) in [5, 5.41) is 0. The Kier molecular flexibility index (Phi) is 5.08. The van der Waals surface area contributed by atoms with Gasteiger partial charge in [0.25, 0.3) is 5.91 Å². The lowest BCUT2D eigenvalue weighted by Crippen LogP contribution is -2.43. The Hall–Kier alpha value is -2.43. The zero-order valence-corrected chi connectivity index (χ0v) is 14.2. The highest BCUT2D eigenvalue weighted by Crippen LogP contribution is 2.24. The largest absolute Gasteiger partial charge is 0.424 e. The molecule has 0 saturated carbocycles.